The summed E-state index contributed by atoms with van der Waals surface area (Å²) in [5.41, 5.74) is 6.62. The van der Waals surface area contributed by atoms with Crippen LogP contribution in [0.25, 0.3) is 0 Å². The highest BCUT2D eigenvalue weighted by atomic mass is 35.5. The molecule has 2 N–H and O–H groups in total. The SMILES string of the molecule is COCCOCOc1ccc(CON=C(C(=O)NC2C(=O)N3C(C(=O)OC(c4ccccc4)c4ccccc4)=C(C4Sc5cc[n+]4c(CC(=O)OC(c4ccccc4)c4ccccc4)c5)CS[C@@H]23)c2csc(NC(c3ccccc3)(c3ccccc3)c3ccccc3)n2)cc1OCOCCOC.[Cl-]. The average Bonchev–Trinajstić information content (AvgIpc) is 0.980. The topological polar surface area (TPSA) is 208 Å². The number of carbonyl (C=O) groups is 4. The monoisotopic (exact) mass is 1460 g/mol. The second kappa shape index (κ2) is 35.2. The number of thioether (sulfide) groups is 2. The van der Waals surface area contributed by atoms with Crippen LogP contribution in [0.1, 0.15) is 73.5 Å². The Bertz CT molecular complexity index is 4380. The predicted octanol–water partition coefficient (Wildman–Crippen LogP) is 9.92. The Morgan fingerprint density at radius 1 is 0.631 bits per heavy atom. The number of aromatic nitrogens is 2. The third-order valence-electron chi connectivity index (χ3n) is 17.3. The van der Waals surface area contributed by atoms with Crippen molar-refractivity contribution < 1.29 is 78.9 Å². The summed E-state index contributed by atoms with van der Waals surface area (Å²) >= 11 is 4.14. The van der Waals surface area contributed by atoms with E-state index in [4.69, 9.17) is 47.7 Å². The number of hydrogen-bond donors (Lipinski definition) is 2. The van der Waals surface area contributed by atoms with E-state index < -0.39 is 58.3 Å². The van der Waals surface area contributed by atoms with E-state index in [1.54, 1.807) is 37.8 Å². The van der Waals surface area contributed by atoms with Crippen molar-refractivity contribution in [1.82, 2.24) is 15.2 Å². The number of halogens is 1. The maximum absolute atomic E-state index is 15.6. The van der Waals surface area contributed by atoms with E-state index in [0.717, 1.165) is 32.7 Å². The summed E-state index contributed by atoms with van der Waals surface area (Å²) in [6.45, 7) is 0.981. The number of amides is 2. The molecule has 4 aliphatic rings. The van der Waals surface area contributed by atoms with E-state index in [1.165, 1.54) is 39.8 Å². The molecular formula is C80H73ClN6O13S3. The molecule has 0 radical (unpaired) electrons. The van der Waals surface area contributed by atoms with Crippen molar-refractivity contribution in [2.75, 3.05) is 65.3 Å². The van der Waals surface area contributed by atoms with Gasteiger partial charge in [-0.05, 0) is 68.4 Å². The van der Waals surface area contributed by atoms with Crippen LogP contribution in [0, 0.1) is 0 Å². The molecule has 0 spiro atoms. The number of pyridine rings is 1. The highest BCUT2D eigenvalue weighted by molar-refractivity contribution is 8.01. The van der Waals surface area contributed by atoms with Gasteiger partial charge >= 0.3 is 11.9 Å². The van der Waals surface area contributed by atoms with Crippen molar-refractivity contribution >= 4 is 69.5 Å². The molecule has 2 bridgehead atoms. The van der Waals surface area contributed by atoms with Gasteiger partial charge in [-0.1, -0.05) is 224 Å². The maximum atomic E-state index is 15.6. The quantitative estimate of drug-likeness (QED) is 0.00573. The molecule has 4 aliphatic heterocycles. The number of fused-ring (bicyclic) bond motifs is 4. The number of hydrogen-bond acceptors (Lipinski definition) is 19. The number of benzene rings is 8. The Balaban J connectivity index is 0.00001000. The molecule has 1 fully saturated rings. The molecule has 6 heterocycles. The molecule has 3 atom stereocenters. The normalized spacial score (nSPS) is 15.4. The Labute approximate surface area is 615 Å². The van der Waals surface area contributed by atoms with Crippen LogP contribution >= 0.6 is 34.9 Å². The first kappa shape index (κ1) is 72.6. The summed E-state index contributed by atoms with van der Waals surface area (Å²) in [5.74, 6) is -1.64. The summed E-state index contributed by atoms with van der Waals surface area (Å²) in [4.78, 5) is 74.4. The Morgan fingerprint density at radius 2 is 1.15 bits per heavy atom. The number of β-lactam (4-membered cyclic amide) rings is 1. The highest BCUT2D eigenvalue weighted by Crippen LogP contribution is 2.49. The summed E-state index contributed by atoms with van der Waals surface area (Å²) in [7, 11) is 3.16. The van der Waals surface area contributed by atoms with Crippen molar-refractivity contribution in [3.63, 3.8) is 0 Å². The third kappa shape index (κ3) is 17.0. The molecule has 19 nitrogen and oxygen atoms in total. The lowest BCUT2D eigenvalue weighted by atomic mass is 9.77. The highest BCUT2D eigenvalue weighted by Gasteiger charge is 2.57. The number of nitrogens with zero attached hydrogens (tertiary/aromatic N) is 4. The van der Waals surface area contributed by atoms with E-state index >= 15 is 14.4 Å². The lowest BCUT2D eigenvalue weighted by molar-refractivity contribution is -0.700. The molecular weight excluding hydrogens is 1380 g/mol. The van der Waals surface area contributed by atoms with E-state index in [9.17, 15) is 4.79 Å². The van der Waals surface area contributed by atoms with Gasteiger partial charge in [0.1, 0.15) is 41.4 Å². The zero-order valence-electron chi connectivity index (χ0n) is 56.2. The number of nitrogens with one attached hydrogen (secondary N) is 2. The van der Waals surface area contributed by atoms with E-state index in [-0.39, 0.29) is 68.5 Å². The molecule has 2 unspecified atom stereocenters. The molecule has 23 heteroatoms. The minimum absolute atomic E-state index is 0. The van der Waals surface area contributed by atoms with Gasteiger partial charge in [-0.25, -0.2) is 9.78 Å². The maximum Gasteiger partial charge on any atom is 0.356 e. The van der Waals surface area contributed by atoms with Crippen LogP contribution in [-0.2, 0) is 71.0 Å². The van der Waals surface area contributed by atoms with Crippen molar-refractivity contribution in [2.24, 2.45) is 5.16 Å². The van der Waals surface area contributed by atoms with Crippen LogP contribution in [0.2, 0.25) is 0 Å². The van der Waals surface area contributed by atoms with Crippen LogP contribution in [0.5, 0.6) is 11.5 Å². The number of anilines is 1. The zero-order valence-corrected chi connectivity index (χ0v) is 59.4. The van der Waals surface area contributed by atoms with Gasteiger partial charge in [-0.2, -0.15) is 4.57 Å². The average molecular weight is 1460 g/mol. The standard InChI is InChI=1S/C80H72N6O13S3.ClH/c1-91-42-44-93-52-95-66-39-38-54(46-67(66)96-53-94-45-43-92-2)49-97-84-69(65-51-101-79(81-65)83-80(59-32-18-7-19-33-59,60-34-20-8-21-35-60)61-36-22-9-23-37-61)74(88)82-70-75(89)86-71(78(90)99-73(57-28-14-5-15-29-57)58-30-16-6-17-31-58)64(50-100-77(70)86)76-85-41-40-63(102-76)47-62(85)48-68(87)98-72(55-24-10-3-11-25-55)56-26-12-4-13-27-56;/h3-41,46-47,51,70,72-73,76-77H,42-45,48-50,52-53H2,1-2H3,(H-,81,82,83,88);1H/t70?,76?,77-;/m0./s1. The molecule has 2 amide bonds. The number of carbonyl (C=O) groups excluding carboxylic acids is 4. The van der Waals surface area contributed by atoms with Crippen LogP contribution in [0.3, 0.4) is 0 Å². The minimum atomic E-state index is -1.18. The molecule has 8 aromatic carbocycles. The van der Waals surface area contributed by atoms with Gasteiger partial charge in [0.25, 0.3) is 11.8 Å². The van der Waals surface area contributed by atoms with Gasteiger partial charge in [0, 0.05) is 42.4 Å². The van der Waals surface area contributed by atoms with Gasteiger partial charge in [-0.15, -0.1) is 23.1 Å². The van der Waals surface area contributed by atoms with E-state index in [2.05, 4.69) is 52.2 Å². The molecule has 10 aromatic rings. The Hall–Kier alpha value is -10.1. The zero-order chi connectivity index (χ0) is 70.0. The minimum Gasteiger partial charge on any atom is -1.00 e. The Kier molecular flexibility index (Phi) is 24.8. The molecule has 2 aromatic heterocycles. The summed E-state index contributed by atoms with van der Waals surface area (Å²) in [5, 5.41) is 12.1. The van der Waals surface area contributed by atoms with Gasteiger partial charge in [-0.3, -0.25) is 19.3 Å². The molecule has 526 valence electrons. The van der Waals surface area contributed by atoms with Gasteiger partial charge in [0.05, 0.1) is 32.0 Å². The third-order valence-corrected chi connectivity index (χ3v) is 20.6. The Morgan fingerprint density at radius 3 is 1.67 bits per heavy atom. The van der Waals surface area contributed by atoms with E-state index in [0.29, 0.717) is 64.4 Å². The molecule has 14 rings (SSSR count). The number of esters is 2. The lowest BCUT2D eigenvalue weighted by Crippen LogP contribution is -3.00. The number of methoxy groups -OCH3 is 2. The summed E-state index contributed by atoms with van der Waals surface area (Å²) in [6, 6.07) is 76.1. The predicted molar refractivity (Wildman–Crippen MR) is 388 cm³/mol. The molecule has 0 saturated carbocycles. The molecule has 0 aliphatic carbocycles. The van der Waals surface area contributed by atoms with Gasteiger partial charge in [0.2, 0.25) is 5.37 Å². The van der Waals surface area contributed by atoms with Crippen molar-refractivity contribution in [1.29, 1.82) is 0 Å². The van der Waals surface area contributed by atoms with Crippen molar-refractivity contribution in [3.8, 4) is 11.5 Å². The van der Waals surface area contributed by atoms with Crippen LogP contribution in [-0.4, -0.2) is 111 Å². The fraction of sp³-hybridized carbons (Fsp3) is 0.212. The van der Waals surface area contributed by atoms with Crippen LogP contribution in [0.15, 0.2) is 276 Å². The van der Waals surface area contributed by atoms with Crippen LogP contribution in [0.4, 0.5) is 5.13 Å². The second-order valence-corrected chi connectivity index (χ2v) is 26.9. The first-order valence-corrected chi connectivity index (χ1v) is 35.9. The largest absolute Gasteiger partial charge is 1.00 e. The summed E-state index contributed by atoms with van der Waals surface area (Å²) in [6.07, 6.45) is 0.244. The number of rotatable bonds is 33. The second-order valence-electron chi connectivity index (χ2n) is 23.8. The first-order chi connectivity index (χ1) is 50.2. The first-order valence-electron chi connectivity index (χ1n) is 33.1. The van der Waals surface area contributed by atoms with Gasteiger partial charge < -0.3 is 65.8 Å². The number of oxime groups is 1. The van der Waals surface area contributed by atoms with Crippen LogP contribution < -0.4 is 37.1 Å². The van der Waals surface area contributed by atoms with E-state index in [1.807, 2.05) is 199 Å². The van der Waals surface area contributed by atoms with Crippen molar-refractivity contribution in [2.45, 2.75) is 52.5 Å². The fourth-order valence-electron chi connectivity index (χ4n) is 12.3. The summed E-state index contributed by atoms with van der Waals surface area (Å²) < 4.78 is 48.4. The molecule has 103 heavy (non-hydrogen) atoms. The smallest absolute Gasteiger partial charge is 0.356 e. The lowest BCUT2D eigenvalue weighted by Gasteiger charge is -2.50. The fourth-order valence-corrected chi connectivity index (χ4v) is 15.8. The van der Waals surface area contributed by atoms with Crippen molar-refractivity contribution in [3.05, 3.63) is 321 Å². The number of ether oxygens (including phenoxy) is 8. The van der Waals surface area contributed by atoms with Gasteiger partial charge in [0.15, 0.2) is 60.0 Å². The number of thiazole rings is 1. The molecule has 1 saturated heterocycles.